The van der Waals surface area contributed by atoms with Gasteiger partial charge in [-0.25, -0.2) is 4.79 Å². The maximum atomic E-state index is 12.3. The number of morpholine rings is 1. The molecule has 0 aliphatic carbocycles. The van der Waals surface area contributed by atoms with Crippen LogP contribution in [0, 0.1) is 0 Å². The Morgan fingerprint density at radius 2 is 2.10 bits per heavy atom. The van der Waals surface area contributed by atoms with Gasteiger partial charge in [0.1, 0.15) is 0 Å². The lowest BCUT2D eigenvalue weighted by atomic mass is 10.1. The second-order valence-electron chi connectivity index (χ2n) is 5.04. The van der Waals surface area contributed by atoms with Crippen molar-refractivity contribution in [2.45, 2.75) is 25.3 Å². The van der Waals surface area contributed by atoms with Crippen molar-refractivity contribution in [3.05, 3.63) is 35.9 Å². The zero-order chi connectivity index (χ0) is 15.1. The summed E-state index contributed by atoms with van der Waals surface area (Å²) in [7, 11) is 1.33. The third kappa shape index (κ3) is 4.29. The number of carbonyl (C=O) groups is 2. The normalized spacial score (nSPS) is 18.3. The molecule has 0 radical (unpaired) electrons. The van der Waals surface area contributed by atoms with E-state index < -0.39 is 12.0 Å². The molecular weight excluding hydrogens is 270 g/mol. The minimum absolute atomic E-state index is 0.00960. The summed E-state index contributed by atoms with van der Waals surface area (Å²) in [4.78, 5) is 25.5. The predicted octanol–water partition coefficient (Wildman–Crippen LogP) is 1.41. The standard InChI is InChI=1S/C16H21NO4/c1-20-16(19)14-12-21-11-10-17(14)15(18)9-5-8-13-6-3-2-4-7-13/h2-4,6-7,14H,5,8-12H2,1H3. The molecule has 1 aliphatic heterocycles. The molecule has 114 valence electrons. The van der Waals surface area contributed by atoms with Gasteiger partial charge in [0, 0.05) is 13.0 Å². The van der Waals surface area contributed by atoms with E-state index in [1.54, 1.807) is 4.90 Å². The first kappa shape index (κ1) is 15.5. The average Bonchev–Trinajstić information content (AvgIpc) is 2.55. The summed E-state index contributed by atoms with van der Waals surface area (Å²) in [6, 6.07) is 9.46. The van der Waals surface area contributed by atoms with Crippen LogP contribution in [0.15, 0.2) is 30.3 Å². The smallest absolute Gasteiger partial charge is 0.331 e. The molecule has 0 spiro atoms. The first-order valence-corrected chi connectivity index (χ1v) is 7.21. The minimum atomic E-state index is -0.604. The predicted molar refractivity (Wildman–Crippen MR) is 77.7 cm³/mol. The maximum Gasteiger partial charge on any atom is 0.331 e. The lowest BCUT2D eigenvalue weighted by molar-refractivity contribution is -0.160. The molecule has 1 aromatic carbocycles. The molecule has 1 aromatic rings. The summed E-state index contributed by atoms with van der Waals surface area (Å²) in [6.45, 7) is 1.14. The molecule has 0 aromatic heterocycles. The van der Waals surface area contributed by atoms with Crippen molar-refractivity contribution < 1.29 is 19.1 Å². The molecule has 1 saturated heterocycles. The summed E-state index contributed by atoms with van der Waals surface area (Å²) in [6.07, 6.45) is 2.07. The number of carbonyl (C=O) groups excluding carboxylic acids is 2. The van der Waals surface area contributed by atoms with Gasteiger partial charge in [0.15, 0.2) is 6.04 Å². The summed E-state index contributed by atoms with van der Waals surface area (Å²) in [5.41, 5.74) is 1.22. The van der Waals surface area contributed by atoms with Crippen LogP contribution in [0.1, 0.15) is 18.4 Å². The van der Waals surface area contributed by atoms with Gasteiger partial charge in [-0.1, -0.05) is 30.3 Å². The third-order valence-corrected chi connectivity index (χ3v) is 3.62. The average molecular weight is 291 g/mol. The Morgan fingerprint density at radius 3 is 2.81 bits per heavy atom. The number of hydrogen-bond acceptors (Lipinski definition) is 4. The van der Waals surface area contributed by atoms with Crippen LogP contribution in [-0.4, -0.2) is 49.7 Å². The van der Waals surface area contributed by atoms with E-state index in [2.05, 4.69) is 12.1 Å². The number of nitrogens with zero attached hydrogens (tertiary/aromatic N) is 1. The van der Waals surface area contributed by atoms with Crippen LogP contribution in [0.4, 0.5) is 0 Å². The van der Waals surface area contributed by atoms with Crippen molar-refractivity contribution in [1.82, 2.24) is 4.90 Å². The molecule has 1 heterocycles. The zero-order valence-electron chi connectivity index (χ0n) is 12.3. The minimum Gasteiger partial charge on any atom is -0.467 e. The fourth-order valence-corrected chi connectivity index (χ4v) is 2.47. The van der Waals surface area contributed by atoms with E-state index in [9.17, 15) is 9.59 Å². The van der Waals surface area contributed by atoms with Crippen LogP contribution < -0.4 is 0 Å². The molecule has 0 bridgehead atoms. The molecule has 21 heavy (non-hydrogen) atoms. The van der Waals surface area contributed by atoms with Crippen LogP contribution >= 0.6 is 0 Å². The van der Waals surface area contributed by atoms with Gasteiger partial charge < -0.3 is 14.4 Å². The molecule has 5 nitrogen and oxygen atoms in total. The zero-order valence-corrected chi connectivity index (χ0v) is 12.3. The quantitative estimate of drug-likeness (QED) is 0.770. The fourth-order valence-electron chi connectivity index (χ4n) is 2.47. The molecule has 5 heteroatoms. The number of hydrogen-bond donors (Lipinski definition) is 0. The van der Waals surface area contributed by atoms with Gasteiger partial charge in [0.2, 0.25) is 5.91 Å². The van der Waals surface area contributed by atoms with Crippen molar-refractivity contribution in [3.63, 3.8) is 0 Å². The highest BCUT2D eigenvalue weighted by molar-refractivity contribution is 5.84. The van der Waals surface area contributed by atoms with Crippen molar-refractivity contribution in [2.75, 3.05) is 26.9 Å². The van der Waals surface area contributed by atoms with Gasteiger partial charge in [0.25, 0.3) is 0 Å². The Balaban J connectivity index is 1.84. The van der Waals surface area contributed by atoms with Gasteiger partial charge in [-0.15, -0.1) is 0 Å². The number of methoxy groups -OCH3 is 1. The summed E-state index contributed by atoms with van der Waals surface area (Å²) in [5.74, 6) is -0.421. The lowest BCUT2D eigenvalue weighted by Gasteiger charge is -2.33. The van der Waals surface area contributed by atoms with Gasteiger partial charge in [-0.3, -0.25) is 4.79 Å². The van der Waals surface area contributed by atoms with Gasteiger partial charge >= 0.3 is 5.97 Å². The second-order valence-corrected chi connectivity index (χ2v) is 5.04. The van der Waals surface area contributed by atoms with Crippen LogP contribution in [0.3, 0.4) is 0 Å². The number of rotatable bonds is 5. The highest BCUT2D eigenvalue weighted by Crippen LogP contribution is 2.13. The van der Waals surface area contributed by atoms with Gasteiger partial charge in [0.05, 0.1) is 20.3 Å². The Hall–Kier alpha value is -1.88. The summed E-state index contributed by atoms with van der Waals surface area (Å²) < 4.78 is 10.00. The molecule has 1 fully saturated rings. The van der Waals surface area contributed by atoms with E-state index in [-0.39, 0.29) is 12.5 Å². The number of amides is 1. The first-order chi connectivity index (χ1) is 10.2. The molecule has 1 unspecified atom stereocenters. The number of esters is 1. The number of aryl methyl sites for hydroxylation is 1. The Labute approximate surface area is 124 Å². The first-order valence-electron chi connectivity index (χ1n) is 7.21. The van der Waals surface area contributed by atoms with Crippen LogP contribution in [0.2, 0.25) is 0 Å². The summed E-state index contributed by atoms with van der Waals surface area (Å²) >= 11 is 0. The van der Waals surface area contributed by atoms with E-state index in [1.807, 2.05) is 18.2 Å². The van der Waals surface area contributed by atoms with Gasteiger partial charge in [-0.05, 0) is 18.4 Å². The number of benzene rings is 1. The molecule has 1 amide bonds. The van der Waals surface area contributed by atoms with Crippen LogP contribution in [-0.2, 0) is 25.5 Å². The third-order valence-electron chi connectivity index (χ3n) is 3.62. The van der Waals surface area contributed by atoms with Crippen LogP contribution in [0.5, 0.6) is 0 Å². The largest absolute Gasteiger partial charge is 0.467 e. The highest BCUT2D eigenvalue weighted by atomic mass is 16.5. The van der Waals surface area contributed by atoms with E-state index in [0.29, 0.717) is 19.6 Å². The molecule has 0 N–H and O–H groups in total. The van der Waals surface area contributed by atoms with Crippen LogP contribution in [0.25, 0.3) is 0 Å². The Kier molecular flexibility index (Phi) is 5.75. The van der Waals surface area contributed by atoms with Crippen molar-refractivity contribution in [1.29, 1.82) is 0 Å². The topological polar surface area (TPSA) is 55.8 Å². The van der Waals surface area contributed by atoms with E-state index in [4.69, 9.17) is 9.47 Å². The molecule has 0 saturated carbocycles. The lowest BCUT2D eigenvalue weighted by Crippen LogP contribution is -2.53. The molecule has 1 aliphatic rings. The Bertz CT molecular complexity index is 474. The maximum absolute atomic E-state index is 12.3. The molecule has 1 atom stereocenters. The van der Waals surface area contributed by atoms with Crippen molar-refractivity contribution in [2.24, 2.45) is 0 Å². The monoisotopic (exact) mass is 291 g/mol. The Morgan fingerprint density at radius 1 is 1.33 bits per heavy atom. The highest BCUT2D eigenvalue weighted by Gasteiger charge is 2.33. The van der Waals surface area contributed by atoms with Crippen molar-refractivity contribution in [3.8, 4) is 0 Å². The van der Waals surface area contributed by atoms with E-state index in [0.717, 1.165) is 12.8 Å². The van der Waals surface area contributed by atoms with E-state index in [1.165, 1.54) is 12.7 Å². The summed E-state index contributed by atoms with van der Waals surface area (Å²) in [5, 5.41) is 0. The SMILES string of the molecule is COC(=O)C1COCCN1C(=O)CCCc1ccccc1. The van der Waals surface area contributed by atoms with Gasteiger partial charge in [-0.2, -0.15) is 0 Å². The van der Waals surface area contributed by atoms with Crippen molar-refractivity contribution >= 4 is 11.9 Å². The molecular formula is C16H21NO4. The molecule has 2 rings (SSSR count). The number of ether oxygens (including phenoxy) is 2. The second kappa shape index (κ2) is 7.78. The fraction of sp³-hybridized carbons (Fsp3) is 0.500. The van der Waals surface area contributed by atoms with E-state index >= 15 is 0 Å².